The van der Waals surface area contributed by atoms with Crippen LogP contribution >= 0.6 is 0 Å². The molecule has 2 unspecified atom stereocenters. The lowest BCUT2D eigenvalue weighted by Crippen LogP contribution is -2.52. The van der Waals surface area contributed by atoms with Gasteiger partial charge in [-0.1, -0.05) is 6.92 Å². The van der Waals surface area contributed by atoms with Crippen LogP contribution in [0.25, 0.3) is 0 Å². The number of rotatable bonds is 6. The van der Waals surface area contributed by atoms with E-state index < -0.39 is 12.1 Å². The maximum atomic E-state index is 11.9. The Kier molecular flexibility index (Phi) is 6.93. The molecule has 1 aliphatic rings. The Hall–Kier alpha value is -1.83. The molecule has 1 aliphatic heterocycles. The third-order valence-corrected chi connectivity index (χ3v) is 3.28. The average Bonchev–Trinajstić information content (AvgIpc) is 2.46. The number of carboxylic acid groups (broad SMARTS) is 1. The monoisotopic (exact) mass is 301 g/mol. The molecule has 0 aromatic carbocycles. The van der Waals surface area contributed by atoms with E-state index in [0.29, 0.717) is 6.54 Å². The SMILES string of the molecule is CCC(C)NC(=O)CCNC(=O)N1CCOC(C(=O)O)C1. The van der Waals surface area contributed by atoms with Crippen LogP contribution in [-0.4, -0.2) is 66.3 Å². The van der Waals surface area contributed by atoms with Gasteiger partial charge in [-0.05, 0) is 13.3 Å². The van der Waals surface area contributed by atoms with Crippen LogP contribution in [0.2, 0.25) is 0 Å². The summed E-state index contributed by atoms with van der Waals surface area (Å²) in [5, 5.41) is 14.3. The molecule has 1 fully saturated rings. The number of carbonyl (C=O) groups is 3. The number of morpholine rings is 1. The summed E-state index contributed by atoms with van der Waals surface area (Å²) in [6.45, 7) is 4.66. The van der Waals surface area contributed by atoms with Crippen molar-refractivity contribution in [2.75, 3.05) is 26.2 Å². The molecular weight excluding hydrogens is 278 g/mol. The van der Waals surface area contributed by atoms with E-state index in [1.165, 1.54) is 4.90 Å². The number of urea groups is 1. The van der Waals surface area contributed by atoms with E-state index in [2.05, 4.69) is 10.6 Å². The molecule has 0 radical (unpaired) electrons. The van der Waals surface area contributed by atoms with Gasteiger partial charge in [0.2, 0.25) is 5.91 Å². The van der Waals surface area contributed by atoms with Crippen molar-refractivity contribution in [1.82, 2.24) is 15.5 Å². The van der Waals surface area contributed by atoms with Gasteiger partial charge in [0.15, 0.2) is 6.10 Å². The summed E-state index contributed by atoms with van der Waals surface area (Å²) in [5.74, 6) is -1.20. The Morgan fingerprint density at radius 3 is 2.76 bits per heavy atom. The second-order valence-electron chi connectivity index (χ2n) is 5.00. The number of aliphatic carboxylic acids is 1. The van der Waals surface area contributed by atoms with Crippen LogP contribution in [0.15, 0.2) is 0 Å². The van der Waals surface area contributed by atoms with Gasteiger partial charge in [0.1, 0.15) is 0 Å². The fourth-order valence-electron chi connectivity index (χ4n) is 1.83. The highest BCUT2D eigenvalue weighted by molar-refractivity contribution is 5.79. The van der Waals surface area contributed by atoms with Crippen molar-refractivity contribution >= 4 is 17.9 Å². The molecular formula is C13H23N3O5. The van der Waals surface area contributed by atoms with Gasteiger partial charge in [0.05, 0.1) is 13.2 Å². The first kappa shape index (κ1) is 17.2. The van der Waals surface area contributed by atoms with Gasteiger partial charge in [-0.15, -0.1) is 0 Å². The van der Waals surface area contributed by atoms with Crippen molar-refractivity contribution < 1.29 is 24.2 Å². The van der Waals surface area contributed by atoms with Crippen LogP contribution in [0, 0.1) is 0 Å². The van der Waals surface area contributed by atoms with Gasteiger partial charge < -0.3 is 25.4 Å². The Balaban J connectivity index is 2.27. The number of nitrogens with zero attached hydrogens (tertiary/aromatic N) is 1. The zero-order chi connectivity index (χ0) is 15.8. The second-order valence-corrected chi connectivity index (χ2v) is 5.00. The Morgan fingerprint density at radius 1 is 1.43 bits per heavy atom. The molecule has 3 amide bonds. The number of amides is 3. The summed E-state index contributed by atoms with van der Waals surface area (Å²) in [6, 6.07) is -0.260. The fraction of sp³-hybridized carbons (Fsp3) is 0.769. The molecule has 8 nitrogen and oxygen atoms in total. The molecule has 3 N–H and O–H groups in total. The normalized spacial score (nSPS) is 19.7. The number of carbonyl (C=O) groups excluding carboxylic acids is 2. The van der Waals surface area contributed by atoms with E-state index in [1.807, 2.05) is 13.8 Å². The molecule has 0 bridgehead atoms. The van der Waals surface area contributed by atoms with E-state index in [4.69, 9.17) is 9.84 Å². The van der Waals surface area contributed by atoms with E-state index in [1.54, 1.807) is 0 Å². The largest absolute Gasteiger partial charge is 0.479 e. The predicted octanol–water partition coefficient (Wildman–Crippen LogP) is -0.214. The zero-order valence-electron chi connectivity index (χ0n) is 12.4. The third kappa shape index (κ3) is 5.99. The molecule has 0 saturated carbocycles. The van der Waals surface area contributed by atoms with Gasteiger partial charge in [0, 0.05) is 25.6 Å². The number of hydrogen-bond acceptors (Lipinski definition) is 4. The zero-order valence-corrected chi connectivity index (χ0v) is 12.4. The average molecular weight is 301 g/mol. The van der Waals surface area contributed by atoms with Crippen molar-refractivity contribution in [2.45, 2.75) is 38.8 Å². The van der Waals surface area contributed by atoms with Crippen molar-refractivity contribution in [1.29, 1.82) is 0 Å². The summed E-state index contributed by atoms with van der Waals surface area (Å²) in [6.07, 6.45) is 0.0591. The first-order valence-electron chi connectivity index (χ1n) is 7.10. The molecule has 0 aromatic rings. The molecule has 120 valence electrons. The summed E-state index contributed by atoms with van der Waals surface area (Å²) < 4.78 is 5.03. The van der Waals surface area contributed by atoms with Crippen molar-refractivity contribution in [3.63, 3.8) is 0 Å². The molecule has 0 spiro atoms. The van der Waals surface area contributed by atoms with Crippen molar-refractivity contribution in [3.05, 3.63) is 0 Å². The highest BCUT2D eigenvalue weighted by atomic mass is 16.5. The van der Waals surface area contributed by atoms with E-state index in [-0.39, 0.29) is 44.1 Å². The van der Waals surface area contributed by atoms with Crippen LogP contribution in [0.4, 0.5) is 4.79 Å². The molecule has 8 heteroatoms. The molecule has 1 heterocycles. The van der Waals surface area contributed by atoms with E-state index >= 15 is 0 Å². The number of hydrogen-bond donors (Lipinski definition) is 3. The third-order valence-electron chi connectivity index (χ3n) is 3.28. The standard InChI is InChI=1S/C13H23N3O5/c1-3-9(2)15-11(17)4-5-14-13(20)16-6-7-21-10(8-16)12(18)19/h9-10H,3-8H2,1-2H3,(H,14,20)(H,15,17)(H,18,19). The maximum Gasteiger partial charge on any atom is 0.334 e. The summed E-state index contributed by atoms with van der Waals surface area (Å²) in [4.78, 5) is 35.6. The lowest BCUT2D eigenvalue weighted by Gasteiger charge is -2.30. The summed E-state index contributed by atoms with van der Waals surface area (Å²) in [7, 11) is 0. The van der Waals surface area contributed by atoms with Crippen molar-refractivity contribution in [2.24, 2.45) is 0 Å². The van der Waals surface area contributed by atoms with E-state index in [0.717, 1.165) is 6.42 Å². The molecule has 1 saturated heterocycles. The van der Waals surface area contributed by atoms with E-state index in [9.17, 15) is 14.4 Å². The minimum atomic E-state index is -1.08. The molecule has 1 rings (SSSR count). The van der Waals surface area contributed by atoms with Crippen LogP contribution in [-0.2, 0) is 14.3 Å². The Labute approximate surface area is 123 Å². The number of ether oxygens (including phenoxy) is 1. The summed E-state index contributed by atoms with van der Waals surface area (Å²) >= 11 is 0. The fourth-order valence-corrected chi connectivity index (χ4v) is 1.83. The molecule has 0 aromatic heterocycles. The molecule has 0 aliphatic carbocycles. The van der Waals surface area contributed by atoms with Crippen LogP contribution < -0.4 is 10.6 Å². The minimum Gasteiger partial charge on any atom is -0.479 e. The molecule has 2 atom stereocenters. The highest BCUT2D eigenvalue weighted by Crippen LogP contribution is 2.05. The van der Waals surface area contributed by atoms with Crippen LogP contribution in [0.3, 0.4) is 0 Å². The summed E-state index contributed by atoms with van der Waals surface area (Å²) in [5.41, 5.74) is 0. The maximum absolute atomic E-state index is 11.9. The topological polar surface area (TPSA) is 108 Å². The lowest BCUT2D eigenvalue weighted by molar-refractivity contribution is -0.154. The van der Waals surface area contributed by atoms with Gasteiger partial charge in [-0.3, -0.25) is 4.79 Å². The smallest absolute Gasteiger partial charge is 0.334 e. The number of nitrogens with one attached hydrogen (secondary N) is 2. The molecule has 21 heavy (non-hydrogen) atoms. The first-order valence-corrected chi connectivity index (χ1v) is 7.10. The van der Waals surface area contributed by atoms with Crippen LogP contribution in [0.5, 0.6) is 0 Å². The predicted molar refractivity (Wildman–Crippen MR) is 74.9 cm³/mol. The van der Waals surface area contributed by atoms with Crippen LogP contribution in [0.1, 0.15) is 26.7 Å². The number of carboxylic acids is 1. The highest BCUT2D eigenvalue weighted by Gasteiger charge is 2.28. The van der Waals surface area contributed by atoms with Gasteiger partial charge in [-0.2, -0.15) is 0 Å². The quantitative estimate of drug-likeness (QED) is 0.629. The van der Waals surface area contributed by atoms with Gasteiger partial charge in [0.25, 0.3) is 0 Å². The lowest BCUT2D eigenvalue weighted by atomic mass is 10.2. The Morgan fingerprint density at radius 2 is 2.14 bits per heavy atom. The minimum absolute atomic E-state index is 0.0141. The van der Waals surface area contributed by atoms with Gasteiger partial charge in [-0.25, -0.2) is 9.59 Å². The first-order chi connectivity index (χ1) is 9.93. The van der Waals surface area contributed by atoms with Crippen molar-refractivity contribution in [3.8, 4) is 0 Å². The van der Waals surface area contributed by atoms with Gasteiger partial charge >= 0.3 is 12.0 Å². The Bertz CT molecular complexity index is 388. The second kappa shape index (κ2) is 8.46.